The van der Waals surface area contributed by atoms with Crippen LogP contribution in [0.25, 0.3) is 10.9 Å². The molecule has 2 heterocycles. The van der Waals surface area contributed by atoms with Gasteiger partial charge < -0.3 is 5.73 Å². The first-order valence-electron chi connectivity index (χ1n) is 6.55. The average Bonchev–Trinajstić information content (AvgIpc) is 2.75. The Hall–Kier alpha value is -1.45. The quantitative estimate of drug-likeness (QED) is 0.875. The molecule has 1 aliphatic rings. The van der Waals surface area contributed by atoms with Crippen molar-refractivity contribution in [1.29, 1.82) is 0 Å². The van der Waals surface area contributed by atoms with Gasteiger partial charge in [0, 0.05) is 36.8 Å². The van der Waals surface area contributed by atoms with Crippen molar-refractivity contribution in [1.82, 2.24) is 9.88 Å². The molecule has 0 saturated carbocycles. The summed E-state index contributed by atoms with van der Waals surface area (Å²) in [5.41, 5.74) is 9.43. The Labute approximate surface area is 108 Å². The van der Waals surface area contributed by atoms with E-state index in [2.05, 4.69) is 40.2 Å². The predicted octanol–water partition coefficient (Wildman–Crippen LogP) is 2.08. The second kappa shape index (κ2) is 4.67. The molecule has 1 atom stereocenters. The van der Waals surface area contributed by atoms with E-state index >= 15 is 0 Å². The molecule has 0 amide bonds. The Kier molecular flexibility index (Phi) is 3.02. The van der Waals surface area contributed by atoms with Crippen LogP contribution >= 0.6 is 0 Å². The van der Waals surface area contributed by atoms with Crippen LogP contribution < -0.4 is 5.73 Å². The van der Waals surface area contributed by atoms with Crippen molar-refractivity contribution < 1.29 is 0 Å². The highest BCUT2D eigenvalue weighted by Crippen LogP contribution is 2.18. The van der Waals surface area contributed by atoms with E-state index in [0.29, 0.717) is 6.04 Å². The normalized spacial score (nSPS) is 20.7. The van der Waals surface area contributed by atoms with Crippen LogP contribution in [0.2, 0.25) is 0 Å². The van der Waals surface area contributed by atoms with Crippen LogP contribution in [-0.4, -0.2) is 29.0 Å². The zero-order valence-corrected chi connectivity index (χ0v) is 10.8. The Morgan fingerprint density at radius 1 is 1.33 bits per heavy atom. The fraction of sp³-hybridized carbons (Fsp3) is 0.400. The molecule has 1 aliphatic heterocycles. The van der Waals surface area contributed by atoms with Gasteiger partial charge in [0.1, 0.15) is 0 Å². The molecule has 0 unspecified atom stereocenters. The molecular formula is C15H19N3. The number of aromatic nitrogens is 1. The number of nitrogens with zero attached hydrogens (tertiary/aromatic N) is 2. The van der Waals surface area contributed by atoms with Crippen LogP contribution in [0.15, 0.2) is 30.3 Å². The molecule has 0 spiro atoms. The Morgan fingerprint density at radius 3 is 3.00 bits per heavy atom. The van der Waals surface area contributed by atoms with E-state index in [9.17, 15) is 0 Å². The van der Waals surface area contributed by atoms with E-state index in [1.165, 1.54) is 10.9 Å². The van der Waals surface area contributed by atoms with Gasteiger partial charge in [0.05, 0.1) is 5.52 Å². The fourth-order valence-corrected chi connectivity index (χ4v) is 2.64. The molecule has 94 valence electrons. The minimum Gasteiger partial charge on any atom is -0.326 e. The molecule has 2 N–H and O–H groups in total. The van der Waals surface area contributed by atoms with Gasteiger partial charge in [-0.15, -0.1) is 0 Å². The third-order valence-electron chi connectivity index (χ3n) is 3.61. The standard InChI is InChI=1S/C15H19N3/c1-11-2-4-13-8-12(3-5-15(13)17-11)9-18-7-6-14(16)10-18/h2-5,8,14H,6-7,9-10,16H2,1H3/t14-/m1/s1. The van der Waals surface area contributed by atoms with Crippen LogP contribution in [0.1, 0.15) is 17.7 Å². The van der Waals surface area contributed by atoms with Crippen molar-refractivity contribution in [2.24, 2.45) is 5.73 Å². The largest absolute Gasteiger partial charge is 0.326 e. The van der Waals surface area contributed by atoms with Gasteiger partial charge in [-0.05, 0) is 37.1 Å². The lowest BCUT2D eigenvalue weighted by Crippen LogP contribution is -2.26. The maximum atomic E-state index is 5.93. The predicted molar refractivity (Wildman–Crippen MR) is 74.3 cm³/mol. The van der Waals surface area contributed by atoms with E-state index < -0.39 is 0 Å². The first-order valence-corrected chi connectivity index (χ1v) is 6.55. The van der Waals surface area contributed by atoms with Crippen molar-refractivity contribution in [3.8, 4) is 0 Å². The molecular weight excluding hydrogens is 222 g/mol. The second-order valence-electron chi connectivity index (χ2n) is 5.26. The first kappa shape index (κ1) is 11.6. The number of likely N-dealkylation sites (tertiary alicyclic amines) is 1. The van der Waals surface area contributed by atoms with Crippen molar-refractivity contribution in [3.05, 3.63) is 41.6 Å². The molecule has 1 fully saturated rings. The lowest BCUT2D eigenvalue weighted by molar-refractivity contribution is 0.327. The monoisotopic (exact) mass is 241 g/mol. The minimum absolute atomic E-state index is 0.356. The topological polar surface area (TPSA) is 42.1 Å². The van der Waals surface area contributed by atoms with Gasteiger partial charge in [0.2, 0.25) is 0 Å². The molecule has 3 rings (SSSR count). The maximum Gasteiger partial charge on any atom is 0.0705 e. The number of pyridine rings is 1. The summed E-state index contributed by atoms with van der Waals surface area (Å²) >= 11 is 0. The molecule has 18 heavy (non-hydrogen) atoms. The molecule has 3 heteroatoms. The van der Waals surface area contributed by atoms with Crippen LogP contribution in [-0.2, 0) is 6.54 Å². The van der Waals surface area contributed by atoms with Crippen LogP contribution in [0.4, 0.5) is 0 Å². The first-order chi connectivity index (χ1) is 8.70. The Balaban J connectivity index is 1.82. The summed E-state index contributed by atoms with van der Waals surface area (Å²) in [6, 6.07) is 11.1. The molecule has 1 aromatic heterocycles. The van der Waals surface area contributed by atoms with E-state index in [1.54, 1.807) is 0 Å². The smallest absolute Gasteiger partial charge is 0.0705 e. The summed E-state index contributed by atoms with van der Waals surface area (Å²) in [5, 5.41) is 1.22. The number of nitrogens with two attached hydrogens (primary N) is 1. The molecule has 0 radical (unpaired) electrons. The minimum atomic E-state index is 0.356. The molecule has 2 aromatic rings. The summed E-state index contributed by atoms with van der Waals surface area (Å²) in [4.78, 5) is 6.95. The SMILES string of the molecule is Cc1ccc2cc(CN3CC[C@@H](N)C3)ccc2n1. The highest BCUT2D eigenvalue weighted by atomic mass is 15.2. The van der Waals surface area contributed by atoms with Crippen LogP contribution in [0.5, 0.6) is 0 Å². The number of fused-ring (bicyclic) bond motifs is 1. The number of benzene rings is 1. The summed E-state index contributed by atoms with van der Waals surface area (Å²) in [5.74, 6) is 0. The number of aryl methyl sites for hydroxylation is 1. The van der Waals surface area contributed by atoms with Gasteiger partial charge >= 0.3 is 0 Å². The molecule has 0 aliphatic carbocycles. The molecule has 0 bridgehead atoms. The molecule has 1 aromatic carbocycles. The molecule has 3 nitrogen and oxygen atoms in total. The second-order valence-corrected chi connectivity index (χ2v) is 5.26. The average molecular weight is 241 g/mol. The van der Waals surface area contributed by atoms with Gasteiger partial charge in [-0.2, -0.15) is 0 Å². The lowest BCUT2D eigenvalue weighted by Gasteiger charge is -2.15. The third-order valence-corrected chi connectivity index (χ3v) is 3.61. The van der Waals surface area contributed by atoms with Crippen molar-refractivity contribution in [3.63, 3.8) is 0 Å². The van der Waals surface area contributed by atoms with Gasteiger partial charge in [-0.1, -0.05) is 12.1 Å². The molecule has 1 saturated heterocycles. The zero-order valence-electron chi connectivity index (χ0n) is 10.8. The van der Waals surface area contributed by atoms with Crippen molar-refractivity contribution in [2.75, 3.05) is 13.1 Å². The summed E-state index contributed by atoms with van der Waals surface area (Å²) in [7, 11) is 0. The van der Waals surface area contributed by atoms with E-state index in [-0.39, 0.29) is 0 Å². The Bertz CT molecular complexity index is 565. The van der Waals surface area contributed by atoms with Crippen LogP contribution in [0, 0.1) is 6.92 Å². The van der Waals surface area contributed by atoms with Gasteiger partial charge in [0.15, 0.2) is 0 Å². The van der Waals surface area contributed by atoms with E-state index in [4.69, 9.17) is 5.73 Å². The maximum absolute atomic E-state index is 5.93. The highest BCUT2D eigenvalue weighted by Gasteiger charge is 2.18. The summed E-state index contributed by atoms with van der Waals surface area (Å²) in [6.45, 7) is 5.16. The van der Waals surface area contributed by atoms with Crippen molar-refractivity contribution in [2.45, 2.75) is 25.9 Å². The third kappa shape index (κ3) is 2.37. The van der Waals surface area contributed by atoms with Gasteiger partial charge in [-0.3, -0.25) is 9.88 Å². The lowest BCUT2D eigenvalue weighted by atomic mass is 10.1. The van der Waals surface area contributed by atoms with E-state index in [1.807, 2.05) is 6.92 Å². The highest BCUT2D eigenvalue weighted by molar-refractivity contribution is 5.79. The van der Waals surface area contributed by atoms with Gasteiger partial charge in [-0.25, -0.2) is 0 Å². The van der Waals surface area contributed by atoms with Crippen molar-refractivity contribution >= 4 is 10.9 Å². The number of rotatable bonds is 2. The fourth-order valence-electron chi connectivity index (χ4n) is 2.64. The van der Waals surface area contributed by atoms with Crippen LogP contribution in [0.3, 0.4) is 0 Å². The summed E-state index contributed by atoms with van der Waals surface area (Å²) < 4.78 is 0. The van der Waals surface area contributed by atoms with E-state index in [0.717, 1.165) is 37.3 Å². The Morgan fingerprint density at radius 2 is 2.22 bits per heavy atom. The number of hydrogen-bond donors (Lipinski definition) is 1. The summed E-state index contributed by atoms with van der Waals surface area (Å²) in [6.07, 6.45) is 1.12. The zero-order chi connectivity index (χ0) is 12.5. The van der Waals surface area contributed by atoms with Gasteiger partial charge in [0.25, 0.3) is 0 Å². The number of hydrogen-bond acceptors (Lipinski definition) is 3.